The van der Waals surface area contributed by atoms with Crippen LogP contribution in [0.25, 0.3) is 22.0 Å². The molecule has 0 atom stereocenters. The number of primary sulfonamides is 1. The zero-order valence-electron chi connectivity index (χ0n) is 15.5. The molecule has 4 rings (SSSR count). The lowest BCUT2D eigenvalue weighted by atomic mass is 10.0. The number of aromatic amines is 1. The molecule has 4 aromatic rings. The molecule has 0 radical (unpaired) electrons. The van der Waals surface area contributed by atoms with Crippen molar-refractivity contribution in [3.05, 3.63) is 86.1 Å². The number of nitrogens with one attached hydrogen (secondary N) is 1. The van der Waals surface area contributed by atoms with E-state index in [-0.39, 0.29) is 32.4 Å². The van der Waals surface area contributed by atoms with E-state index in [1.54, 1.807) is 12.1 Å². The molecule has 0 amide bonds. The highest BCUT2D eigenvalue weighted by molar-refractivity contribution is 7.89. The van der Waals surface area contributed by atoms with Crippen molar-refractivity contribution in [2.24, 2.45) is 5.14 Å². The second kappa shape index (κ2) is 7.76. The van der Waals surface area contributed by atoms with E-state index in [1.165, 1.54) is 28.9 Å². The molecule has 0 aliphatic heterocycles. The maximum Gasteiger partial charge on any atom is 0.272 e. The number of sulfonamides is 1. The van der Waals surface area contributed by atoms with E-state index in [0.717, 1.165) is 12.1 Å². The van der Waals surface area contributed by atoms with Crippen molar-refractivity contribution in [1.82, 2.24) is 9.78 Å². The highest BCUT2D eigenvalue weighted by Crippen LogP contribution is 2.39. The number of hydrogen-bond acceptors (Lipinski definition) is 3. The minimum Gasteiger partial charge on any atom is -0.280 e. The summed E-state index contributed by atoms with van der Waals surface area (Å²) in [5.41, 5.74) is 0.834. The average molecular weight is 484 g/mol. The Labute approximate surface area is 184 Å². The van der Waals surface area contributed by atoms with Crippen molar-refractivity contribution < 1.29 is 17.2 Å². The van der Waals surface area contributed by atoms with E-state index in [0.29, 0.717) is 16.6 Å². The number of H-pyrrole nitrogens is 1. The van der Waals surface area contributed by atoms with Crippen LogP contribution in [0.1, 0.15) is 5.56 Å². The number of fused-ring (bicyclic) bond motifs is 1. The Bertz CT molecular complexity index is 1510. The quantitative estimate of drug-likeness (QED) is 0.453. The topological polar surface area (TPSA) is 98.0 Å². The standard InChI is InChI=1S/C20H13Cl2F2N3O3S/c21-13-3-6-17(31(25,29)30)18(19(13)22)11-2-5-16-12(8-11)20(28)26-27(16)9-10-1-4-14(23)15(24)7-10/h1-8H,9H2,(H,26,28)(H2,25,29,30). The summed E-state index contributed by atoms with van der Waals surface area (Å²) < 4.78 is 52.2. The SMILES string of the molecule is NS(=O)(=O)c1ccc(Cl)c(Cl)c1-c1ccc2c(c1)c(=O)[nH]n2Cc1ccc(F)c(F)c1. The first-order valence-corrected chi connectivity index (χ1v) is 11.0. The third kappa shape index (κ3) is 3.97. The van der Waals surface area contributed by atoms with E-state index in [1.807, 2.05) is 0 Å². The van der Waals surface area contributed by atoms with Gasteiger partial charge in [-0.2, -0.15) is 0 Å². The Morgan fingerprint density at radius 1 is 1.00 bits per heavy atom. The molecule has 1 aromatic heterocycles. The fourth-order valence-corrected chi connectivity index (χ4v) is 4.59. The van der Waals surface area contributed by atoms with Crippen molar-refractivity contribution in [2.45, 2.75) is 11.4 Å². The monoisotopic (exact) mass is 483 g/mol. The summed E-state index contributed by atoms with van der Waals surface area (Å²) >= 11 is 12.3. The first kappa shape index (κ1) is 21.5. The molecule has 1 heterocycles. The molecule has 0 bridgehead atoms. The lowest BCUT2D eigenvalue weighted by Crippen LogP contribution is -2.13. The predicted molar refractivity (Wildman–Crippen MR) is 115 cm³/mol. The molecule has 3 aromatic carbocycles. The van der Waals surface area contributed by atoms with E-state index in [9.17, 15) is 22.0 Å². The van der Waals surface area contributed by atoms with Crippen LogP contribution in [0.4, 0.5) is 8.78 Å². The molecule has 0 unspecified atom stereocenters. The third-order valence-electron chi connectivity index (χ3n) is 4.74. The van der Waals surface area contributed by atoms with Gasteiger partial charge < -0.3 is 0 Å². The molecule has 0 spiro atoms. The first-order chi connectivity index (χ1) is 14.6. The normalized spacial score (nSPS) is 11.9. The number of aromatic nitrogens is 2. The van der Waals surface area contributed by atoms with E-state index < -0.39 is 27.2 Å². The number of rotatable bonds is 4. The molecule has 160 valence electrons. The van der Waals surface area contributed by atoms with Crippen molar-refractivity contribution in [1.29, 1.82) is 0 Å². The van der Waals surface area contributed by atoms with Crippen LogP contribution < -0.4 is 10.7 Å². The second-order valence-corrected chi connectivity index (χ2v) is 9.10. The molecule has 31 heavy (non-hydrogen) atoms. The highest BCUT2D eigenvalue weighted by atomic mass is 35.5. The van der Waals surface area contributed by atoms with E-state index in [2.05, 4.69) is 5.10 Å². The molecular weight excluding hydrogens is 471 g/mol. The Morgan fingerprint density at radius 2 is 1.74 bits per heavy atom. The van der Waals surface area contributed by atoms with Crippen LogP contribution in [0.5, 0.6) is 0 Å². The molecule has 0 aliphatic rings. The van der Waals surface area contributed by atoms with Gasteiger partial charge in [0.25, 0.3) is 5.56 Å². The number of hydrogen-bond donors (Lipinski definition) is 2. The molecule has 6 nitrogen and oxygen atoms in total. The molecule has 0 aliphatic carbocycles. The van der Waals surface area contributed by atoms with E-state index in [4.69, 9.17) is 28.3 Å². The minimum absolute atomic E-state index is 0.0230. The molecule has 3 N–H and O–H groups in total. The van der Waals surface area contributed by atoms with Crippen LogP contribution >= 0.6 is 23.2 Å². The summed E-state index contributed by atoms with van der Waals surface area (Å²) in [6, 6.07) is 10.6. The van der Waals surface area contributed by atoms with Gasteiger partial charge in [0.05, 0.1) is 32.4 Å². The van der Waals surface area contributed by atoms with E-state index >= 15 is 0 Å². The van der Waals surface area contributed by atoms with Crippen LogP contribution in [0.3, 0.4) is 0 Å². The number of halogens is 4. The van der Waals surface area contributed by atoms with Gasteiger partial charge in [-0.15, -0.1) is 0 Å². The first-order valence-electron chi connectivity index (χ1n) is 8.74. The van der Waals surface area contributed by atoms with Gasteiger partial charge in [0.1, 0.15) is 0 Å². The minimum atomic E-state index is -4.13. The lowest BCUT2D eigenvalue weighted by Gasteiger charge is -2.12. The van der Waals surface area contributed by atoms with Gasteiger partial charge in [0.15, 0.2) is 11.6 Å². The molecule has 0 fully saturated rings. The summed E-state index contributed by atoms with van der Waals surface area (Å²) in [5, 5.41) is 8.27. The molecule has 0 saturated carbocycles. The number of benzene rings is 3. The Balaban J connectivity index is 1.86. The van der Waals surface area contributed by atoms with Crippen molar-refractivity contribution in [3.63, 3.8) is 0 Å². The van der Waals surface area contributed by atoms with Gasteiger partial charge in [0, 0.05) is 5.56 Å². The predicted octanol–water partition coefficient (Wildman–Crippen LogP) is 4.28. The van der Waals surface area contributed by atoms with Crippen LogP contribution in [0.2, 0.25) is 10.0 Å². The lowest BCUT2D eigenvalue weighted by molar-refractivity contribution is 0.506. The molecule has 0 saturated heterocycles. The van der Waals surface area contributed by atoms with Crippen LogP contribution in [-0.2, 0) is 16.6 Å². The summed E-state index contributed by atoms with van der Waals surface area (Å²) in [6.07, 6.45) is 0. The van der Waals surface area contributed by atoms with Crippen molar-refractivity contribution >= 4 is 44.1 Å². The average Bonchev–Trinajstić information content (AvgIpc) is 3.00. The van der Waals surface area contributed by atoms with Crippen LogP contribution in [0, 0.1) is 11.6 Å². The highest BCUT2D eigenvalue weighted by Gasteiger charge is 2.21. The van der Waals surface area contributed by atoms with Gasteiger partial charge in [-0.05, 0) is 47.5 Å². The van der Waals surface area contributed by atoms with Crippen molar-refractivity contribution in [2.75, 3.05) is 0 Å². The summed E-state index contributed by atoms with van der Waals surface area (Å²) in [5.74, 6) is -1.96. The molecule has 11 heteroatoms. The van der Waals surface area contributed by atoms with Crippen LogP contribution in [-0.4, -0.2) is 18.2 Å². The second-order valence-electron chi connectivity index (χ2n) is 6.79. The zero-order valence-corrected chi connectivity index (χ0v) is 17.8. The van der Waals surface area contributed by atoms with Gasteiger partial charge in [-0.3, -0.25) is 14.6 Å². The smallest absolute Gasteiger partial charge is 0.272 e. The third-order valence-corrected chi connectivity index (χ3v) is 6.50. The summed E-state index contributed by atoms with van der Waals surface area (Å²) in [6.45, 7) is 0.0790. The zero-order chi connectivity index (χ0) is 22.5. The fourth-order valence-electron chi connectivity index (χ4n) is 3.34. The van der Waals surface area contributed by atoms with Gasteiger partial charge in [0.2, 0.25) is 10.0 Å². The maximum absolute atomic E-state index is 13.5. The largest absolute Gasteiger partial charge is 0.280 e. The molecular formula is C20H13Cl2F2N3O3S. The summed E-state index contributed by atoms with van der Waals surface area (Å²) in [7, 11) is -4.13. The Hall–Kier alpha value is -2.72. The van der Waals surface area contributed by atoms with Crippen LogP contribution in [0.15, 0.2) is 58.2 Å². The fraction of sp³-hybridized carbons (Fsp3) is 0.0500. The van der Waals surface area contributed by atoms with Gasteiger partial charge in [-0.1, -0.05) is 35.3 Å². The maximum atomic E-state index is 13.5. The summed E-state index contributed by atoms with van der Waals surface area (Å²) in [4.78, 5) is 12.3. The van der Waals surface area contributed by atoms with Crippen molar-refractivity contribution in [3.8, 4) is 11.1 Å². The number of nitrogens with zero attached hydrogens (tertiary/aromatic N) is 1. The van der Waals surface area contributed by atoms with Gasteiger partial charge in [-0.25, -0.2) is 22.3 Å². The Morgan fingerprint density at radius 3 is 2.42 bits per heavy atom. The Kier molecular flexibility index (Phi) is 5.38. The number of nitrogens with two attached hydrogens (primary N) is 1. The van der Waals surface area contributed by atoms with Gasteiger partial charge >= 0.3 is 0 Å².